The lowest BCUT2D eigenvalue weighted by Gasteiger charge is -2.28. The third-order valence-electron chi connectivity index (χ3n) is 7.73. The van der Waals surface area contributed by atoms with E-state index >= 15 is 0 Å². The molecule has 0 spiro atoms. The number of aryl methyl sites for hydroxylation is 2. The highest BCUT2D eigenvalue weighted by atomic mass is 35.5. The highest BCUT2D eigenvalue weighted by Gasteiger charge is 2.27. The van der Waals surface area contributed by atoms with Crippen LogP contribution in [0.3, 0.4) is 0 Å². The predicted molar refractivity (Wildman–Crippen MR) is 171 cm³/mol. The average molecular weight is 637 g/mol. The summed E-state index contributed by atoms with van der Waals surface area (Å²) >= 11 is 10.2. The van der Waals surface area contributed by atoms with Crippen LogP contribution >= 0.6 is 34.7 Å². The van der Waals surface area contributed by atoms with Crippen LogP contribution in [-0.4, -0.2) is 67.0 Å². The van der Waals surface area contributed by atoms with Gasteiger partial charge in [-0.05, 0) is 54.3 Å². The maximum Gasteiger partial charge on any atom is 0.142 e. The fourth-order valence-electron chi connectivity index (χ4n) is 5.69. The second-order valence-electron chi connectivity index (χ2n) is 10.8. The number of thioether (sulfide) groups is 1. The van der Waals surface area contributed by atoms with Gasteiger partial charge in [-0.25, -0.2) is 14.4 Å². The van der Waals surface area contributed by atoms with Gasteiger partial charge in [-0.2, -0.15) is 16.9 Å². The predicted octanol–water partition coefficient (Wildman–Crippen LogP) is 6.18. The molecule has 1 aliphatic heterocycles. The van der Waals surface area contributed by atoms with Crippen molar-refractivity contribution in [1.82, 2.24) is 24.6 Å². The van der Waals surface area contributed by atoms with Crippen molar-refractivity contribution in [3.8, 4) is 16.2 Å². The molecule has 8 nitrogen and oxygen atoms in total. The summed E-state index contributed by atoms with van der Waals surface area (Å²) < 4.78 is 21.2. The van der Waals surface area contributed by atoms with Gasteiger partial charge in [0.2, 0.25) is 0 Å². The van der Waals surface area contributed by atoms with Gasteiger partial charge in [0, 0.05) is 53.5 Å². The number of hydrogen-bond acceptors (Lipinski definition) is 9. The van der Waals surface area contributed by atoms with E-state index in [1.807, 2.05) is 28.6 Å². The van der Waals surface area contributed by atoms with E-state index < -0.39 is 6.10 Å². The van der Waals surface area contributed by atoms with Crippen molar-refractivity contribution in [1.29, 1.82) is 0 Å². The minimum atomic E-state index is -0.460. The molecule has 0 bridgehead atoms. The number of aliphatic hydroxyl groups excluding tert-OH is 1. The summed E-state index contributed by atoms with van der Waals surface area (Å²) in [6, 6.07) is 11.8. The highest BCUT2D eigenvalue weighted by Crippen LogP contribution is 2.45. The fourth-order valence-corrected chi connectivity index (χ4v) is 8.13. The molecule has 0 saturated carbocycles. The van der Waals surface area contributed by atoms with E-state index in [1.165, 1.54) is 17.7 Å². The number of halogens is 2. The van der Waals surface area contributed by atoms with Crippen molar-refractivity contribution >= 4 is 56.4 Å². The van der Waals surface area contributed by atoms with Crippen molar-refractivity contribution in [2.45, 2.75) is 32.1 Å². The highest BCUT2D eigenvalue weighted by molar-refractivity contribution is 7.99. The van der Waals surface area contributed by atoms with Crippen molar-refractivity contribution in [2.75, 3.05) is 36.5 Å². The van der Waals surface area contributed by atoms with E-state index in [0.29, 0.717) is 23.9 Å². The number of nitrogens with one attached hydrogen (secondary N) is 1. The van der Waals surface area contributed by atoms with Crippen LogP contribution in [0.2, 0.25) is 5.02 Å². The van der Waals surface area contributed by atoms with Gasteiger partial charge in [-0.1, -0.05) is 23.7 Å². The zero-order chi connectivity index (χ0) is 29.3. The minimum absolute atomic E-state index is 0.215. The molecule has 1 fully saturated rings. The molecule has 4 heterocycles. The van der Waals surface area contributed by atoms with Crippen LogP contribution in [0.15, 0.2) is 55.0 Å². The normalized spacial score (nSPS) is 15.7. The van der Waals surface area contributed by atoms with Crippen LogP contribution in [0.4, 0.5) is 15.9 Å². The lowest BCUT2D eigenvalue weighted by molar-refractivity contribution is 0.0995. The molecule has 2 N–H and O–H groups in total. The quantitative estimate of drug-likeness (QED) is 0.198. The molecule has 2 aromatic carbocycles. The summed E-state index contributed by atoms with van der Waals surface area (Å²) in [4.78, 5) is 13.6. The van der Waals surface area contributed by atoms with Gasteiger partial charge in [-0.3, -0.25) is 9.58 Å². The van der Waals surface area contributed by atoms with Crippen LogP contribution in [-0.2, 0) is 26.0 Å². The van der Waals surface area contributed by atoms with Gasteiger partial charge in [0.05, 0.1) is 28.8 Å². The first kappa shape index (κ1) is 28.5. The molecule has 1 saturated heterocycles. The number of nitrogens with zero attached hydrogens (tertiary/aromatic N) is 5. The second kappa shape index (κ2) is 12.4. The summed E-state index contributed by atoms with van der Waals surface area (Å²) in [7, 11) is 0. The Morgan fingerprint density at radius 1 is 1.09 bits per heavy atom. The third-order valence-corrected chi connectivity index (χ3v) is 10.1. The molecule has 222 valence electrons. The standard InChI is InChI=1S/C31H30ClFN6O2S2/c32-25-13-21(4-7-27(25)41-17-19-2-1-3-20(33)12-19)36-30-28-23-5-6-26-24(29(23)43-31(28)35-18-34-30)16-39(37-26)15-22(40)14-38-8-10-42-11-9-38/h1-4,7,12-13,16,18,22,40H,5-6,8-11,14-15,17H2,(H,34,35,36)/t22-/m1/s1. The average Bonchev–Trinajstić information content (AvgIpc) is 3.59. The molecule has 0 radical (unpaired) electrons. The Balaban J connectivity index is 1.09. The molecule has 5 aromatic rings. The number of aliphatic hydroxyl groups is 1. The van der Waals surface area contributed by atoms with Crippen molar-refractivity contribution in [3.63, 3.8) is 0 Å². The van der Waals surface area contributed by atoms with E-state index in [9.17, 15) is 9.50 Å². The van der Waals surface area contributed by atoms with E-state index in [4.69, 9.17) is 21.4 Å². The number of rotatable bonds is 9. The van der Waals surface area contributed by atoms with Gasteiger partial charge in [0.1, 0.15) is 35.1 Å². The van der Waals surface area contributed by atoms with Gasteiger partial charge in [0.25, 0.3) is 0 Å². The molecule has 0 amide bonds. The molecule has 3 aromatic heterocycles. The Kier molecular flexibility index (Phi) is 8.24. The summed E-state index contributed by atoms with van der Waals surface area (Å²) in [6.45, 7) is 3.42. The van der Waals surface area contributed by atoms with Crippen LogP contribution in [0.25, 0.3) is 20.7 Å². The van der Waals surface area contributed by atoms with Crippen molar-refractivity contribution in [2.24, 2.45) is 0 Å². The fraction of sp³-hybridized carbons (Fsp3) is 0.323. The van der Waals surface area contributed by atoms with Gasteiger partial charge >= 0.3 is 0 Å². The molecule has 0 unspecified atom stereocenters. The molecule has 1 atom stereocenters. The van der Waals surface area contributed by atoms with Crippen LogP contribution in [0.1, 0.15) is 16.8 Å². The molecular weight excluding hydrogens is 607 g/mol. The molecule has 2 aliphatic rings. The third kappa shape index (κ3) is 6.23. The lowest BCUT2D eigenvalue weighted by atomic mass is 9.95. The maximum absolute atomic E-state index is 13.5. The number of thiophene rings is 1. The first-order valence-corrected chi connectivity index (χ1v) is 16.6. The van der Waals surface area contributed by atoms with Gasteiger partial charge in [0.15, 0.2) is 0 Å². The molecule has 7 rings (SSSR count). The first-order valence-electron chi connectivity index (χ1n) is 14.3. The lowest BCUT2D eigenvalue weighted by Crippen LogP contribution is -2.39. The summed E-state index contributed by atoms with van der Waals surface area (Å²) in [5.74, 6) is 3.19. The summed E-state index contributed by atoms with van der Waals surface area (Å²) in [6.07, 6.45) is 4.84. The number of anilines is 2. The van der Waals surface area contributed by atoms with E-state index in [2.05, 4.69) is 26.4 Å². The molecular formula is C31H30ClFN6O2S2. The smallest absolute Gasteiger partial charge is 0.142 e. The zero-order valence-electron chi connectivity index (χ0n) is 23.3. The number of hydrogen-bond donors (Lipinski definition) is 2. The van der Waals surface area contributed by atoms with Gasteiger partial charge < -0.3 is 15.2 Å². The Morgan fingerprint density at radius 2 is 1.98 bits per heavy atom. The van der Waals surface area contributed by atoms with Gasteiger partial charge in [-0.15, -0.1) is 11.3 Å². The number of benzene rings is 2. The zero-order valence-corrected chi connectivity index (χ0v) is 25.7. The van der Waals surface area contributed by atoms with Crippen LogP contribution in [0, 0.1) is 5.82 Å². The van der Waals surface area contributed by atoms with Crippen molar-refractivity contribution < 1.29 is 14.2 Å². The Morgan fingerprint density at radius 3 is 2.81 bits per heavy atom. The Hall–Kier alpha value is -3.22. The summed E-state index contributed by atoms with van der Waals surface area (Å²) in [5.41, 5.74) is 4.88. The van der Waals surface area contributed by atoms with E-state index in [1.54, 1.807) is 35.9 Å². The first-order chi connectivity index (χ1) is 21.0. The number of aromatic nitrogens is 4. The number of fused-ring (bicyclic) bond motifs is 5. The van der Waals surface area contributed by atoms with E-state index in [0.717, 1.165) is 80.9 Å². The Labute approximate surface area is 261 Å². The number of ether oxygens (including phenoxy) is 1. The monoisotopic (exact) mass is 636 g/mol. The van der Waals surface area contributed by atoms with Crippen LogP contribution < -0.4 is 10.1 Å². The SMILES string of the molecule is O[C@H](CN1CCSCC1)Cn1cc2c(n1)CCc1c-2sc2ncnc(Nc3ccc(OCc4cccc(F)c4)c(Cl)c3)c12. The van der Waals surface area contributed by atoms with E-state index in [-0.39, 0.29) is 12.4 Å². The van der Waals surface area contributed by atoms with Crippen molar-refractivity contribution in [3.05, 3.63) is 82.6 Å². The largest absolute Gasteiger partial charge is 0.487 e. The topological polar surface area (TPSA) is 88.3 Å². The summed E-state index contributed by atoms with van der Waals surface area (Å²) in [5, 5.41) is 20.5. The second-order valence-corrected chi connectivity index (χ2v) is 13.4. The molecule has 1 aliphatic carbocycles. The Bertz CT molecular complexity index is 1770. The molecule has 43 heavy (non-hydrogen) atoms. The minimum Gasteiger partial charge on any atom is -0.487 e. The van der Waals surface area contributed by atoms with Crippen LogP contribution in [0.5, 0.6) is 5.75 Å². The molecule has 12 heteroatoms. The maximum atomic E-state index is 13.5. The number of β-amino-alcohol motifs (C(OH)–C–C–N with tert-alkyl or cyclic N) is 1.